The third-order valence-electron chi connectivity index (χ3n) is 3.32. The first-order chi connectivity index (χ1) is 9.48. The van der Waals surface area contributed by atoms with Crippen molar-refractivity contribution in [2.75, 3.05) is 26.2 Å². The maximum absolute atomic E-state index is 12.1. The SMILES string of the molecule is N[C@@H](Cc1ccccc1)C(=O)O[N+]1([O-])CC[NH+]([O-])CC1. The molecular weight excluding hydrogens is 262 g/mol. The number of nitrogens with one attached hydrogen (secondary N) is 1. The van der Waals surface area contributed by atoms with Crippen molar-refractivity contribution in [2.45, 2.75) is 12.5 Å². The second-order valence-corrected chi connectivity index (χ2v) is 5.01. The van der Waals surface area contributed by atoms with Gasteiger partial charge in [0.1, 0.15) is 19.1 Å². The van der Waals surface area contributed by atoms with Gasteiger partial charge in [0.05, 0.1) is 0 Å². The van der Waals surface area contributed by atoms with Crippen LogP contribution in [0, 0.1) is 10.4 Å². The molecule has 3 N–H and O–H groups in total. The Hall–Kier alpha value is -1.51. The third kappa shape index (κ3) is 3.99. The summed E-state index contributed by atoms with van der Waals surface area (Å²) < 4.78 is 0. The van der Waals surface area contributed by atoms with Gasteiger partial charge in [0.2, 0.25) is 0 Å². The molecule has 7 heteroatoms. The van der Waals surface area contributed by atoms with Crippen molar-refractivity contribution in [3.63, 3.8) is 0 Å². The van der Waals surface area contributed by atoms with E-state index in [2.05, 4.69) is 0 Å². The van der Waals surface area contributed by atoms with Crippen LogP contribution in [0.25, 0.3) is 0 Å². The van der Waals surface area contributed by atoms with Crippen molar-refractivity contribution in [1.82, 2.24) is 0 Å². The van der Waals surface area contributed by atoms with Crippen LogP contribution in [0.2, 0.25) is 0 Å². The van der Waals surface area contributed by atoms with Gasteiger partial charge in [-0.3, -0.25) is 4.84 Å². The van der Waals surface area contributed by atoms with E-state index in [9.17, 15) is 15.2 Å². The summed E-state index contributed by atoms with van der Waals surface area (Å²) in [5.74, 6) is -0.724. The molecule has 1 aromatic carbocycles. The van der Waals surface area contributed by atoms with Gasteiger partial charge in [0.25, 0.3) is 0 Å². The number of benzene rings is 1. The summed E-state index contributed by atoms with van der Waals surface area (Å²) in [6.07, 6.45) is 0.318. The molecule has 1 aliphatic rings. The van der Waals surface area contributed by atoms with Crippen molar-refractivity contribution >= 4 is 5.97 Å². The first-order valence-corrected chi connectivity index (χ1v) is 6.61. The zero-order valence-corrected chi connectivity index (χ0v) is 11.2. The molecule has 2 rings (SSSR count). The van der Waals surface area contributed by atoms with Crippen molar-refractivity contribution in [1.29, 1.82) is 0 Å². The van der Waals surface area contributed by atoms with Crippen LogP contribution in [0.15, 0.2) is 30.3 Å². The average molecular weight is 281 g/mol. The second kappa shape index (κ2) is 6.29. The molecule has 1 fully saturated rings. The van der Waals surface area contributed by atoms with Crippen LogP contribution in [0.1, 0.15) is 5.56 Å². The van der Waals surface area contributed by atoms with Crippen LogP contribution >= 0.6 is 0 Å². The van der Waals surface area contributed by atoms with Crippen LogP contribution in [-0.2, 0) is 16.1 Å². The Bertz CT molecular complexity index is 446. The predicted octanol–water partition coefficient (Wildman–Crippen LogP) is -1.27. The monoisotopic (exact) mass is 281 g/mol. The van der Waals surface area contributed by atoms with Crippen molar-refractivity contribution < 1.29 is 19.5 Å². The van der Waals surface area contributed by atoms with Crippen molar-refractivity contribution in [2.24, 2.45) is 5.73 Å². The molecule has 1 aromatic rings. The Morgan fingerprint density at radius 1 is 1.35 bits per heavy atom. The summed E-state index contributed by atoms with van der Waals surface area (Å²) in [5, 5.41) is 23.2. The Labute approximate surface area is 117 Å². The topological polar surface area (TPSA) is 103 Å². The highest BCUT2D eigenvalue weighted by atomic mass is 16.9. The van der Waals surface area contributed by atoms with Crippen molar-refractivity contribution in [3.8, 4) is 0 Å². The molecule has 0 amide bonds. The minimum Gasteiger partial charge on any atom is -0.634 e. The Morgan fingerprint density at radius 2 is 1.95 bits per heavy atom. The Kier molecular flexibility index (Phi) is 4.69. The molecule has 0 bridgehead atoms. The number of carbonyl (C=O) groups excluding carboxylic acids is 1. The molecule has 7 nitrogen and oxygen atoms in total. The first-order valence-electron chi connectivity index (χ1n) is 6.61. The predicted molar refractivity (Wildman–Crippen MR) is 71.6 cm³/mol. The molecular formula is C13H19N3O4. The standard InChI is InChI=1S/C13H19N3O4/c14-12(10-11-4-2-1-3-5-11)13(17)20-16(19)8-6-15(18)7-9-16/h1-5,12,15H,6-10,14H2/t12-/m0/s1. The molecule has 20 heavy (non-hydrogen) atoms. The molecule has 1 atom stereocenters. The van der Waals surface area contributed by atoms with E-state index in [0.717, 1.165) is 5.56 Å². The summed E-state index contributed by atoms with van der Waals surface area (Å²) in [5.41, 5.74) is 6.67. The van der Waals surface area contributed by atoms with Gasteiger partial charge in [-0.25, -0.2) is 4.79 Å². The summed E-state index contributed by atoms with van der Waals surface area (Å²) in [6, 6.07) is 8.41. The summed E-state index contributed by atoms with van der Waals surface area (Å²) >= 11 is 0. The second-order valence-electron chi connectivity index (χ2n) is 5.01. The molecule has 0 unspecified atom stereocenters. The normalized spacial score (nSPS) is 27.9. The molecule has 0 radical (unpaired) electrons. The zero-order valence-electron chi connectivity index (χ0n) is 11.2. The largest absolute Gasteiger partial charge is 0.634 e. The van der Waals surface area contributed by atoms with Crippen LogP contribution in [0.4, 0.5) is 0 Å². The van der Waals surface area contributed by atoms with E-state index in [1.54, 1.807) is 0 Å². The summed E-state index contributed by atoms with van der Waals surface area (Å²) in [4.78, 5) is 15.7. The fraction of sp³-hybridized carbons (Fsp3) is 0.462. The first kappa shape index (κ1) is 14.9. The number of nitrogens with two attached hydrogens (primary N) is 1. The van der Waals surface area contributed by atoms with Gasteiger partial charge in [-0.2, -0.15) is 4.81 Å². The smallest absolute Gasteiger partial charge is 0.383 e. The lowest BCUT2D eigenvalue weighted by atomic mass is 10.1. The van der Waals surface area contributed by atoms with Crippen LogP contribution in [0.5, 0.6) is 0 Å². The number of rotatable bonds is 4. The van der Waals surface area contributed by atoms with E-state index in [-0.39, 0.29) is 31.2 Å². The number of quaternary nitrogens is 2. The number of nitrogens with zero attached hydrogens (tertiary/aromatic N) is 1. The number of piperazine rings is 1. The molecule has 0 saturated carbocycles. The van der Waals surface area contributed by atoms with E-state index in [0.29, 0.717) is 6.42 Å². The lowest BCUT2D eigenvalue weighted by Crippen LogP contribution is -3.11. The molecule has 1 saturated heterocycles. The van der Waals surface area contributed by atoms with E-state index >= 15 is 0 Å². The summed E-state index contributed by atoms with van der Waals surface area (Å²) in [7, 11) is 0. The highest BCUT2D eigenvalue weighted by Gasteiger charge is 2.32. The number of hydrogen-bond donors (Lipinski definition) is 2. The van der Waals surface area contributed by atoms with Gasteiger partial charge in [0, 0.05) is 0 Å². The minimum atomic E-state index is -1.10. The number of hydroxylamine groups is 6. The minimum absolute atomic E-state index is 0.0252. The number of carbonyl (C=O) groups is 1. The van der Waals surface area contributed by atoms with Crippen LogP contribution in [-0.4, -0.2) is 43.0 Å². The highest BCUT2D eigenvalue weighted by molar-refractivity contribution is 5.75. The molecule has 1 heterocycles. The van der Waals surface area contributed by atoms with Gasteiger partial charge in [-0.05, 0) is 12.0 Å². The van der Waals surface area contributed by atoms with Crippen LogP contribution in [0.3, 0.4) is 0 Å². The molecule has 0 aliphatic carbocycles. The van der Waals surface area contributed by atoms with Gasteiger partial charge < -0.3 is 21.2 Å². The van der Waals surface area contributed by atoms with E-state index < -0.39 is 16.8 Å². The molecule has 0 aromatic heterocycles. The Balaban J connectivity index is 1.88. The average Bonchev–Trinajstić information content (AvgIpc) is 2.43. The molecule has 1 aliphatic heterocycles. The van der Waals surface area contributed by atoms with E-state index in [4.69, 9.17) is 10.6 Å². The maximum atomic E-state index is 12.1. The quantitative estimate of drug-likeness (QED) is 0.529. The fourth-order valence-corrected chi connectivity index (χ4v) is 2.10. The van der Waals surface area contributed by atoms with Crippen LogP contribution < -0.4 is 10.8 Å². The zero-order chi connectivity index (χ0) is 14.6. The maximum Gasteiger partial charge on any atom is 0.383 e. The number of hydrogen-bond acceptors (Lipinski definition) is 5. The third-order valence-corrected chi connectivity index (χ3v) is 3.32. The molecule has 110 valence electrons. The molecule has 0 spiro atoms. The Morgan fingerprint density at radius 3 is 2.55 bits per heavy atom. The lowest BCUT2D eigenvalue weighted by molar-refractivity contribution is -1.09. The van der Waals surface area contributed by atoms with Gasteiger partial charge in [-0.15, -0.1) is 0 Å². The van der Waals surface area contributed by atoms with E-state index in [1.165, 1.54) is 0 Å². The van der Waals surface area contributed by atoms with Gasteiger partial charge in [0.15, 0.2) is 13.1 Å². The highest BCUT2D eigenvalue weighted by Crippen LogP contribution is 2.09. The summed E-state index contributed by atoms with van der Waals surface area (Å²) in [6.45, 7) is 0.237. The fourth-order valence-electron chi connectivity index (χ4n) is 2.10. The van der Waals surface area contributed by atoms with E-state index in [1.807, 2.05) is 30.3 Å². The lowest BCUT2D eigenvalue weighted by Gasteiger charge is -2.43. The van der Waals surface area contributed by atoms with Gasteiger partial charge in [-0.1, -0.05) is 30.3 Å². The van der Waals surface area contributed by atoms with Crippen molar-refractivity contribution in [3.05, 3.63) is 46.3 Å². The van der Waals surface area contributed by atoms with Gasteiger partial charge >= 0.3 is 5.97 Å².